The van der Waals surface area contributed by atoms with Gasteiger partial charge >= 0.3 is 19.6 Å². The number of alkyl carbamates (subject to hydrolysis) is 1. The summed E-state index contributed by atoms with van der Waals surface area (Å²) in [6, 6.07) is 12.5. The van der Waals surface area contributed by atoms with Crippen LogP contribution in [0.1, 0.15) is 51.8 Å². The van der Waals surface area contributed by atoms with Crippen LogP contribution in [0.2, 0.25) is 0 Å². The zero-order chi connectivity index (χ0) is 24.4. The van der Waals surface area contributed by atoms with Crippen molar-refractivity contribution in [1.82, 2.24) is 5.32 Å². The average Bonchev–Trinajstić information content (AvgIpc) is 2.93. The van der Waals surface area contributed by atoms with Gasteiger partial charge in [-0.3, -0.25) is 0 Å². The minimum atomic E-state index is -4.92. The summed E-state index contributed by atoms with van der Waals surface area (Å²) in [5.74, 6) is -0.453. The Hall–Kier alpha value is -2.72. The molecule has 1 fully saturated rings. The average molecular weight is 465 g/mol. The lowest BCUT2D eigenvalue weighted by Gasteiger charge is -2.32. The van der Waals surface area contributed by atoms with Crippen molar-refractivity contribution >= 4 is 18.7 Å². The summed E-state index contributed by atoms with van der Waals surface area (Å²) < 4.78 is 60.6. The smallest absolute Gasteiger partial charge is 0.445 e. The fourth-order valence-corrected chi connectivity index (χ4v) is 3.27. The van der Waals surface area contributed by atoms with Gasteiger partial charge in [-0.05, 0) is 51.7 Å². The molecule has 0 unspecified atom stereocenters. The van der Waals surface area contributed by atoms with Crippen molar-refractivity contribution in [3.05, 3.63) is 59.7 Å². The lowest BCUT2D eigenvalue weighted by atomic mass is 9.78. The molecule has 0 saturated carbocycles. The largest absolute Gasteiger partial charge is 0.573 e. The van der Waals surface area contributed by atoms with Crippen molar-refractivity contribution in [1.29, 1.82) is 0 Å². The Kier molecular flexibility index (Phi) is 7.00. The van der Waals surface area contributed by atoms with Gasteiger partial charge in [0, 0.05) is 5.56 Å². The maximum absolute atomic E-state index is 13.1. The molecule has 0 aromatic heterocycles. The lowest BCUT2D eigenvalue weighted by molar-refractivity contribution is -0.274. The number of halogens is 3. The molecule has 1 aliphatic heterocycles. The molecule has 1 atom stereocenters. The lowest BCUT2D eigenvalue weighted by Crippen LogP contribution is -2.41. The predicted molar refractivity (Wildman–Crippen MR) is 117 cm³/mol. The Bertz CT molecular complexity index is 966. The van der Waals surface area contributed by atoms with Crippen molar-refractivity contribution < 1.29 is 36.7 Å². The van der Waals surface area contributed by atoms with Gasteiger partial charge in [0.2, 0.25) is 0 Å². The summed E-state index contributed by atoms with van der Waals surface area (Å²) in [7, 11) is -0.862. The second kappa shape index (κ2) is 9.27. The van der Waals surface area contributed by atoms with Gasteiger partial charge in [0.15, 0.2) is 0 Å². The first kappa shape index (κ1) is 24.9. The highest BCUT2D eigenvalue weighted by molar-refractivity contribution is 6.62. The molecule has 6 nitrogen and oxygen atoms in total. The normalized spacial score (nSPS) is 18.0. The quantitative estimate of drug-likeness (QED) is 0.617. The first-order valence-electron chi connectivity index (χ1n) is 10.5. The van der Waals surface area contributed by atoms with E-state index in [4.69, 9.17) is 14.0 Å². The molecule has 0 aliphatic carbocycles. The maximum Gasteiger partial charge on any atom is 0.573 e. The van der Waals surface area contributed by atoms with Crippen LogP contribution < -0.4 is 15.5 Å². The van der Waals surface area contributed by atoms with Gasteiger partial charge in [0.05, 0.1) is 17.2 Å². The molecule has 1 amide bonds. The third kappa shape index (κ3) is 6.20. The van der Waals surface area contributed by atoms with Crippen LogP contribution >= 0.6 is 0 Å². The Balaban J connectivity index is 1.77. The number of nitrogens with one attached hydrogen (secondary N) is 1. The van der Waals surface area contributed by atoms with E-state index in [2.05, 4.69) is 10.1 Å². The minimum absolute atomic E-state index is 0.0339. The second-order valence-electron chi connectivity index (χ2n) is 8.86. The number of alkyl halides is 3. The molecule has 2 aromatic rings. The number of benzene rings is 2. The summed E-state index contributed by atoms with van der Waals surface area (Å²) >= 11 is 0. The van der Waals surface area contributed by atoms with Crippen LogP contribution in [-0.4, -0.2) is 30.8 Å². The number of rotatable bonds is 6. The van der Waals surface area contributed by atoms with Gasteiger partial charge in [-0.25, -0.2) is 4.79 Å². The summed E-state index contributed by atoms with van der Waals surface area (Å²) in [4.78, 5) is 12.2. The molecule has 10 heteroatoms. The predicted octanol–water partition coefficient (Wildman–Crippen LogP) is 4.87. The van der Waals surface area contributed by atoms with Gasteiger partial charge in [-0.2, -0.15) is 0 Å². The number of amides is 1. The molecule has 0 spiro atoms. The standard InChI is InChI=1S/C23H27BF3NO5/c1-15(28-20(29)30-14-16-9-7-6-8-10-16)18-12-11-17(13-19(18)31-23(25,26)27)24-32-21(2,3)22(4,5)33-24/h6-13,15H,14H2,1-5H3,(H,28,29)/t15-/m0/s1. The summed E-state index contributed by atoms with van der Waals surface area (Å²) in [5.41, 5.74) is -0.0229. The van der Waals surface area contributed by atoms with E-state index >= 15 is 0 Å². The highest BCUT2D eigenvalue weighted by Gasteiger charge is 2.52. The van der Waals surface area contributed by atoms with E-state index < -0.39 is 42.6 Å². The SMILES string of the molecule is C[C@H](NC(=O)OCc1ccccc1)c1ccc(B2OC(C)(C)C(C)(C)O2)cc1OC(F)(F)F. The number of carbonyl (C=O) groups excluding carboxylic acids is 1. The van der Waals surface area contributed by atoms with Gasteiger partial charge in [-0.1, -0.05) is 42.5 Å². The van der Waals surface area contributed by atoms with E-state index in [9.17, 15) is 18.0 Å². The first-order chi connectivity index (χ1) is 15.3. The van der Waals surface area contributed by atoms with Gasteiger partial charge in [0.25, 0.3) is 0 Å². The third-order valence-corrected chi connectivity index (χ3v) is 5.80. The summed E-state index contributed by atoms with van der Waals surface area (Å²) in [5, 5.41) is 2.54. The Morgan fingerprint density at radius 3 is 2.24 bits per heavy atom. The number of ether oxygens (including phenoxy) is 2. The first-order valence-corrected chi connectivity index (χ1v) is 10.5. The zero-order valence-electron chi connectivity index (χ0n) is 19.2. The third-order valence-electron chi connectivity index (χ3n) is 5.80. The molecule has 0 radical (unpaired) electrons. The van der Waals surface area contributed by atoms with Crippen molar-refractivity contribution in [2.75, 3.05) is 0 Å². The van der Waals surface area contributed by atoms with Gasteiger partial charge < -0.3 is 24.1 Å². The molecule has 33 heavy (non-hydrogen) atoms. The number of hydrogen-bond donors (Lipinski definition) is 1. The highest BCUT2D eigenvalue weighted by Crippen LogP contribution is 2.37. The zero-order valence-corrected chi connectivity index (χ0v) is 19.2. The Labute approximate surface area is 191 Å². The summed E-state index contributed by atoms with van der Waals surface area (Å²) in [6.45, 7) is 8.97. The Morgan fingerprint density at radius 1 is 1.06 bits per heavy atom. The van der Waals surface area contributed by atoms with Crippen LogP contribution in [0, 0.1) is 0 Å². The molecule has 1 N–H and O–H groups in total. The fraction of sp³-hybridized carbons (Fsp3) is 0.435. The van der Waals surface area contributed by atoms with Gasteiger partial charge in [-0.15, -0.1) is 13.2 Å². The van der Waals surface area contributed by atoms with Crippen molar-refractivity contribution in [3.63, 3.8) is 0 Å². The van der Waals surface area contributed by atoms with E-state index in [0.717, 1.165) is 5.56 Å². The Morgan fingerprint density at radius 2 is 1.67 bits per heavy atom. The van der Waals surface area contributed by atoms with Crippen LogP contribution in [0.5, 0.6) is 5.75 Å². The second-order valence-corrected chi connectivity index (χ2v) is 8.86. The van der Waals surface area contributed by atoms with Crippen LogP contribution in [0.15, 0.2) is 48.5 Å². The molecule has 1 saturated heterocycles. The fourth-order valence-electron chi connectivity index (χ4n) is 3.27. The van der Waals surface area contributed by atoms with E-state index in [1.807, 2.05) is 45.9 Å². The molecule has 1 aliphatic rings. The van der Waals surface area contributed by atoms with E-state index in [1.54, 1.807) is 18.2 Å². The molecule has 1 heterocycles. The molecular weight excluding hydrogens is 438 g/mol. The topological polar surface area (TPSA) is 66.0 Å². The number of hydrogen-bond acceptors (Lipinski definition) is 5. The van der Waals surface area contributed by atoms with E-state index in [1.165, 1.54) is 19.1 Å². The molecule has 0 bridgehead atoms. The van der Waals surface area contributed by atoms with Crippen LogP contribution in [-0.2, 0) is 20.7 Å². The molecule has 2 aromatic carbocycles. The monoisotopic (exact) mass is 465 g/mol. The molecule has 178 valence electrons. The number of carbonyl (C=O) groups is 1. The highest BCUT2D eigenvalue weighted by atomic mass is 19.4. The van der Waals surface area contributed by atoms with Crippen LogP contribution in [0.25, 0.3) is 0 Å². The summed E-state index contributed by atoms with van der Waals surface area (Å²) in [6.07, 6.45) is -5.68. The van der Waals surface area contributed by atoms with Crippen LogP contribution in [0.4, 0.5) is 18.0 Å². The van der Waals surface area contributed by atoms with Crippen molar-refractivity contribution in [2.24, 2.45) is 0 Å². The van der Waals surface area contributed by atoms with E-state index in [0.29, 0.717) is 5.46 Å². The molecule has 3 rings (SSSR count). The van der Waals surface area contributed by atoms with Gasteiger partial charge in [0.1, 0.15) is 12.4 Å². The van der Waals surface area contributed by atoms with Crippen molar-refractivity contribution in [3.8, 4) is 5.75 Å². The molecular formula is C23H27BF3NO5. The van der Waals surface area contributed by atoms with E-state index in [-0.39, 0.29) is 12.2 Å². The maximum atomic E-state index is 13.1. The minimum Gasteiger partial charge on any atom is -0.445 e. The van der Waals surface area contributed by atoms with Crippen molar-refractivity contribution in [2.45, 2.75) is 64.8 Å². The van der Waals surface area contributed by atoms with Crippen LogP contribution in [0.3, 0.4) is 0 Å².